The summed E-state index contributed by atoms with van der Waals surface area (Å²) in [5.74, 6) is -1.89. The van der Waals surface area contributed by atoms with Gasteiger partial charge in [0.2, 0.25) is 0 Å². The van der Waals surface area contributed by atoms with Gasteiger partial charge in [-0.25, -0.2) is 0 Å². The fraction of sp³-hybridized carbons (Fsp3) is 0.182. The highest BCUT2D eigenvalue weighted by Crippen LogP contribution is 2.21. The standard InChI is InChI=1S/C11H10N2O3/c1-2-13-10(15)8-5-6(12)3-4-7(8)9(14)11(13)16/h3-5H,2,12H2,1H3. The van der Waals surface area contributed by atoms with E-state index in [0.717, 1.165) is 4.90 Å². The maximum Gasteiger partial charge on any atom is 0.301 e. The number of carbonyl (C=O) groups is 3. The average Bonchev–Trinajstić information content (AvgIpc) is 2.27. The van der Waals surface area contributed by atoms with Crippen molar-refractivity contribution in [1.29, 1.82) is 0 Å². The first kappa shape index (κ1) is 10.4. The first-order valence-electron chi connectivity index (χ1n) is 4.86. The molecular weight excluding hydrogens is 208 g/mol. The van der Waals surface area contributed by atoms with E-state index in [1.807, 2.05) is 0 Å². The van der Waals surface area contributed by atoms with Gasteiger partial charge in [0.05, 0.1) is 5.56 Å². The minimum Gasteiger partial charge on any atom is -0.399 e. The van der Waals surface area contributed by atoms with Crippen LogP contribution in [0, 0.1) is 0 Å². The third kappa shape index (κ3) is 1.29. The average molecular weight is 218 g/mol. The Bertz CT molecular complexity index is 508. The zero-order valence-electron chi connectivity index (χ0n) is 8.69. The Morgan fingerprint density at radius 1 is 1.12 bits per heavy atom. The van der Waals surface area contributed by atoms with Crippen molar-refractivity contribution in [2.75, 3.05) is 12.3 Å². The van der Waals surface area contributed by atoms with E-state index in [1.165, 1.54) is 18.2 Å². The number of hydrogen-bond acceptors (Lipinski definition) is 4. The Balaban J connectivity index is 2.64. The van der Waals surface area contributed by atoms with E-state index in [4.69, 9.17) is 5.73 Å². The van der Waals surface area contributed by atoms with Gasteiger partial charge in [-0.05, 0) is 25.1 Å². The van der Waals surface area contributed by atoms with Crippen molar-refractivity contribution in [3.8, 4) is 0 Å². The van der Waals surface area contributed by atoms with E-state index in [9.17, 15) is 14.4 Å². The summed E-state index contributed by atoms with van der Waals surface area (Å²) in [6.45, 7) is 1.82. The number of carbonyl (C=O) groups excluding carboxylic acids is 3. The van der Waals surface area contributed by atoms with Crippen molar-refractivity contribution in [3.05, 3.63) is 29.3 Å². The molecule has 0 atom stereocenters. The SMILES string of the molecule is CCN1C(=O)C(=O)c2ccc(N)cc2C1=O. The molecule has 2 amide bonds. The van der Waals surface area contributed by atoms with Crippen LogP contribution in [-0.4, -0.2) is 29.0 Å². The number of benzene rings is 1. The molecule has 2 rings (SSSR count). The molecule has 1 aliphatic heterocycles. The molecule has 16 heavy (non-hydrogen) atoms. The lowest BCUT2D eigenvalue weighted by Gasteiger charge is -2.24. The van der Waals surface area contributed by atoms with E-state index in [1.54, 1.807) is 6.92 Å². The first-order valence-corrected chi connectivity index (χ1v) is 4.86. The maximum absolute atomic E-state index is 11.9. The molecule has 82 valence electrons. The van der Waals surface area contributed by atoms with Crippen LogP contribution in [0.3, 0.4) is 0 Å². The second-order valence-corrected chi connectivity index (χ2v) is 3.49. The molecule has 1 aromatic carbocycles. The Morgan fingerprint density at radius 3 is 2.44 bits per heavy atom. The molecule has 0 saturated carbocycles. The topological polar surface area (TPSA) is 80.5 Å². The fourth-order valence-corrected chi connectivity index (χ4v) is 1.70. The summed E-state index contributed by atoms with van der Waals surface area (Å²) in [7, 11) is 0. The number of rotatable bonds is 1. The lowest BCUT2D eigenvalue weighted by Crippen LogP contribution is -2.45. The molecular formula is C11H10N2O3. The van der Waals surface area contributed by atoms with E-state index in [0.29, 0.717) is 5.69 Å². The molecule has 0 saturated heterocycles. The van der Waals surface area contributed by atoms with Gasteiger partial charge in [0.25, 0.3) is 11.7 Å². The minimum atomic E-state index is -0.773. The van der Waals surface area contributed by atoms with E-state index in [-0.39, 0.29) is 17.7 Å². The Hall–Kier alpha value is -2.17. The lowest BCUT2D eigenvalue weighted by molar-refractivity contribution is -0.124. The largest absolute Gasteiger partial charge is 0.399 e. The lowest BCUT2D eigenvalue weighted by atomic mass is 9.97. The highest BCUT2D eigenvalue weighted by Gasteiger charge is 2.36. The van der Waals surface area contributed by atoms with Gasteiger partial charge in [-0.1, -0.05) is 0 Å². The van der Waals surface area contributed by atoms with Gasteiger partial charge in [0, 0.05) is 17.8 Å². The predicted molar refractivity (Wildman–Crippen MR) is 56.9 cm³/mol. The molecule has 2 N–H and O–H groups in total. The normalized spacial score (nSPS) is 15.3. The molecule has 0 radical (unpaired) electrons. The molecule has 5 nitrogen and oxygen atoms in total. The van der Waals surface area contributed by atoms with Gasteiger partial charge in [0.15, 0.2) is 0 Å². The van der Waals surface area contributed by atoms with E-state index >= 15 is 0 Å². The van der Waals surface area contributed by atoms with Crippen LogP contribution in [0.4, 0.5) is 5.69 Å². The zero-order chi connectivity index (χ0) is 11.9. The maximum atomic E-state index is 11.9. The number of anilines is 1. The quantitative estimate of drug-likeness (QED) is 0.421. The number of imide groups is 1. The Labute approximate surface area is 91.8 Å². The second-order valence-electron chi connectivity index (χ2n) is 3.49. The van der Waals surface area contributed by atoms with Crippen molar-refractivity contribution in [2.24, 2.45) is 0 Å². The van der Waals surface area contributed by atoms with Gasteiger partial charge in [0.1, 0.15) is 0 Å². The molecule has 1 aromatic rings. The van der Waals surface area contributed by atoms with Gasteiger partial charge >= 0.3 is 5.91 Å². The van der Waals surface area contributed by atoms with Crippen LogP contribution in [0.25, 0.3) is 0 Å². The number of nitrogens with zero attached hydrogens (tertiary/aromatic N) is 1. The summed E-state index contributed by atoms with van der Waals surface area (Å²) in [5, 5.41) is 0. The first-order chi connectivity index (χ1) is 7.56. The van der Waals surface area contributed by atoms with Crippen LogP contribution in [0.2, 0.25) is 0 Å². The van der Waals surface area contributed by atoms with Crippen LogP contribution in [-0.2, 0) is 4.79 Å². The number of likely N-dealkylation sites (N-methyl/N-ethyl adjacent to an activating group) is 1. The molecule has 0 bridgehead atoms. The van der Waals surface area contributed by atoms with Gasteiger partial charge in [-0.2, -0.15) is 0 Å². The second kappa shape index (κ2) is 3.44. The third-order valence-corrected chi connectivity index (χ3v) is 2.52. The summed E-state index contributed by atoms with van der Waals surface area (Å²) < 4.78 is 0. The molecule has 0 spiro atoms. The molecule has 1 heterocycles. The van der Waals surface area contributed by atoms with Gasteiger partial charge in [-0.15, -0.1) is 0 Å². The van der Waals surface area contributed by atoms with Crippen LogP contribution < -0.4 is 5.73 Å². The third-order valence-electron chi connectivity index (χ3n) is 2.52. The van der Waals surface area contributed by atoms with Crippen molar-refractivity contribution < 1.29 is 14.4 Å². The number of fused-ring (bicyclic) bond motifs is 1. The van der Waals surface area contributed by atoms with Crippen molar-refractivity contribution in [3.63, 3.8) is 0 Å². The number of Topliss-reactive ketones (excluding diaryl/α,β-unsaturated/α-hetero) is 1. The summed E-state index contributed by atoms with van der Waals surface area (Å²) in [6.07, 6.45) is 0. The van der Waals surface area contributed by atoms with E-state index in [2.05, 4.69) is 0 Å². The van der Waals surface area contributed by atoms with Gasteiger partial charge < -0.3 is 5.73 Å². The molecule has 0 unspecified atom stereocenters. The molecule has 5 heteroatoms. The monoisotopic (exact) mass is 218 g/mol. The summed E-state index contributed by atoms with van der Waals surface area (Å²) >= 11 is 0. The predicted octanol–water partition coefficient (Wildman–Crippen LogP) is 0.454. The van der Waals surface area contributed by atoms with Crippen LogP contribution in [0.5, 0.6) is 0 Å². The minimum absolute atomic E-state index is 0.133. The van der Waals surface area contributed by atoms with Crippen LogP contribution >= 0.6 is 0 Å². The number of ketones is 1. The van der Waals surface area contributed by atoms with Crippen molar-refractivity contribution >= 4 is 23.3 Å². The number of hydrogen-bond donors (Lipinski definition) is 1. The Kier molecular flexibility index (Phi) is 2.23. The van der Waals surface area contributed by atoms with Gasteiger partial charge in [-0.3, -0.25) is 19.3 Å². The van der Waals surface area contributed by atoms with Crippen molar-refractivity contribution in [2.45, 2.75) is 6.92 Å². The Morgan fingerprint density at radius 2 is 1.81 bits per heavy atom. The number of amides is 2. The highest BCUT2D eigenvalue weighted by molar-refractivity contribution is 6.49. The molecule has 0 fully saturated rings. The van der Waals surface area contributed by atoms with Crippen molar-refractivity contribution in [1.82, 2.24) is 4.90 Å². The molecule has 0 aromatic heterocycles. The number of nitrogen functional groups attached to an aromatic ring is 1. The zero-order valence-corrected chi connectivity index (χ0v) is 8.69. The van der Waals surface area contributed by atoms with Crippen LogP contribution in [0.15, 0.2) is 18.2 Å². The molecule has 0 aliphatic carbocycles. The van der Waals surface area contributed by atoms with Crippen LogP contribution in [0.1, 0.15) is 27.6 Å². The summed E-state index contributed by atoms with van der Waals surface area (Å²) in [6, 6.07) is 4.33. The smallest absolute Gasteiger partial charge is 0.301 e. The molecule has 1 aliphatic rings. The van der Waals surface area contributed by atoms with E-state index < -0.39 is 17.6 Å². The highest BCUT2D eigenvalue weighted by atomic mass is 16.2. The summed E-state index contributed by atoms with van der Waals surface area (Å²) in [5.41, 5.74) is 6.27. The fourth-order valence-electron chi connectivity index (χ4n) is 1.70. The summed E-state index contributed by atoms with van der Waals surface area (Å²) in [4.78, 5) is 36.0. The number of nitrogens with two attached hydrogens (primary N) is 1.